The molecule has 1 N–H and O–H groups in total. The molecule has 8 heteroatoms. The summed E-state index contributed by atoms with van der Waals surface area (Å²) in [4.78, 5) is 10.4. The van der Waals surface area contributed by atoms with Crippen LogP contribution in [0.25, 0.3) is 0 Å². The van der Waals surface area contributed by atoms with Crippen LogP contribution in [0.2, 0.25) is 0 Å². The summed E-state index contributed by atoms with van der Waals surface area (Å²) in [6, 6.07) is 6.84. The zero-order valence-electron chi connectivity index (χ0n) is 11.3. The molecule has 1 aromatic carbocycles. The number of aliphatic carboxylic acids is 1. The van der Waals surface area contributed by atoms with E-state index < -0.39 is 21.7 Å². The van der Waals surface area contributed by atoms with E-state index in [0.717, 1.165) is 4.31 Å². The number of carbonyl (C=O) groups is 1. The van der Waals surface area contributed by atoms with Gasteiger partial charge in [0.15, 0.2) is 5.75 Å². The van der Waals surface area contributed by atoms with Gasteiger partial charge in [0, 0.05) is 13.6 Å². The number of hydrogen-bond acceptors (Lipinski definition) is 5. The number of ether oxygens (including phenoxy) is 2. The minimum atomic E-state index is -3.79. The molecule has 1 aromatic rings. The second kappa shape index (κ2) is 7.11. The van der Waals surface area contributed by atoms with Gasteiger partial charge in [0.25, 0.3) is 0 Å². The highest BCUT2D eigenvalue weighted by molar-refractivity contribution is 7.89. The van der Waals surface area contributed by atoms with Gasteiger partial charge in [0.1, 0.15) is 18.1 Å². The lowest BCUT2D eigenvalue weighted by atomic mass is 10.3. The molecule has 0 aromatic heterocycles. The summed E-state index contributed by atoms with van der Waals surface area (Å²) in [6.45, 7) is 0.198. The SMILES string of the molecule is COc1ccc(OCCN(C)S(=O)(=O)CC(=O)O)cc1. The maximum Gasteiger partial charge on any atom is 0.320 e. The van der Waals surface area contributed by atoms with Crippen LogP contribution in [0.4, 0.5) is 0 Å². The molecule has 0 radical (unpaired) electrons. The summed E-state index contributed by atoms with van der Waals surface area (Å²) in [5, 5.41) is 8.50. The van der Waals surface area contributed by atoms with Crippen LogP contribution in [-0.2, 0) is 14.8 Å². The Balaban J connectivity index is 2.45. The van der Waals surface area contributed by atoms with Crippen molar-refractivity contribution in [1.82, 2.24) is 4.31 Å². The van der Waals surface area contributed by atoms with Crippen LogP contribution >= 0.6 is 0 Å². The molecule has 0 aliphatic heterocycles. The van der Waals surface area contributed by atoms with Crippen LogP contribution in [0.15, 0.2) is 24.3 Å². The summed E-state index contributed by atoms with van der Waals surface area (Å²) in [7, 11) is -0.922. The van der Waals surface area contributed by atoms with E-state index in [9.17, 15) is 13.2 Å². The third kappa shape index (κ3) is 5.06. The first-order chi connectivity index (χ1) is 9.35. The fourth-order valence-electron chi connectivity index (χ4n) is 1.37. The number of nitrogens with zero attached hydrogens (tertiary/aromatic N) is 1. The topological polar surface area (TPSA) is 93.1 Å². The minimum absolute atomic E-state index is 0.0711. The molecular weight excluding hydrogens is 286 g/mol. The van der Waals surface area contributed by atoms with Gasteiger partial charge in [0.05, 0.1) is 7.11 Å². The molecule has 0 heterocycles. The van der Waals surface area contributed by atoms with Crippen LogP contribution in [0.1, 0.15) is 0 Å². The van der Waals surface area contributed by atoms with Crippen molar-refractivity contribution in [2.45, 2.75) is 0 Å². The van der Waals surface area contributed by atoms with E-state index in [4.69, 9.17) is 14.6 Å². The van der Waals surface area contributed by atoms with Crippen LogP contribution in [-0.4, -0.2) is 56.9 Å². The number of carboxylic acid groups (broad SMARTS) is 1. The Kier molecular flexibility index (Phi) is 5.78. The van der Waals surface area contributed by atoms with E-state index in [1.165, 1.54) is 7.05 Å². The van der Waals surface area contributed by atoms with E-state index >= 15 is 0 Å². The first-order valence-corrected chi connectivity index (χ1v) is 7.39. The molecule has 0 amide bonds. The Morgan fingerprint density at radius 3 is 2.30 bits per heavy atom. The number of methoxy groups -OCH3 is 1. The normalized spacial score (nSPS) is 11.3. The maximum atomic E-state index is 11.5. The molecule has 7 nitrogen and oxygen atoms in total. The van der Waals surface area contributed by atoms with Gasteiger partial charge in [-0.2, -0.15) is 0 Å². The van der Waals surface area contributed by atoms with Crippen molar-refractivity contribution in [3.63, 3.8) is 0 Å². The number of likely N-dealkylation sites (N-methyl/N-ethyl adjacent to an activating group) is 1. The molecule has 0 saturated heterocycles. The molecule has 0 spiro atoms. The summed E-state index contributed by atoms with van der Waals surface area (Å²) in [5.74, 6) is -1.03. The van der Waals surface area contributed by atoms with Gasteiger partial charge in [-0.15, -0.1) is 0 Å². The van der Waals surface area contributed by atoms with Gasteiger partial charge < -0.3 is 14.6 Å². The Morgan fingerprint density at radius 1 is 1.25 bits per heavy atom. The Labute approximate surface area is 117 Å². The highest BCUT2D eigenvalue weighted by Gasteiger charge is 2.21. The molecule has 0 aliphatic rings. The van der Waals surface area contributed by atoms with Crippen molar-refractivity contribution < 1.29 is 27.8 Å². The van der Waals surface area contributed by atoms with Gasteiger partial charge in [-0.05, 0) is 24.3 Å². The predicted molar refractivity (Wildman–Crippen MR) is 72.5 cm³/mol. The third-order valence-corrected chi connectivity index (χ3v) is 4.26. The van der Waals surface area contributed by atoms with E-state index in [1.54, 1.807) is 31.4 Å². The molecular formula is C12H17NO6S. The number of carboxylic acids is 1. The lowest BCUT2D eigenvalue weighted by Gasteiger charge is -2.16. The van der Waals surface area contributed by atoms with Crippen LogP contribution in [0.3, 0.4) is 0 Å². The van der Waals surface area contributed by atoms with E-state index in [2.05, 4.69) is 0 Å². The fraction of sp³-hybridized carbons (Fsp3) is 0.417. The molecule has 0 aliphatic carbocycles. The van der Waals surface area contributed by atoms with E-state index in [1.807, 2.05) is 0 Å². The number of hydrogen-bond donors (Lipinski definition) is 1. The largest absolute Gasteiger partial charge is 0.497 e. The highest BCUT2D eigenvalue weighted by Crippen LogP contribution is 2.16. The van der Waals surface area contributed by atoms with Crippen LogP contribution in [0.5, 0.6) is 11.5 Å². The minimum Gasteiger partial charge on any atom is -0.497 e. The zero-order chi connectivity index (χ0) is 15.2. The smallest absolute Gasteiger partial charge is 0.320 e. The van der Waals surface area contributed by atoms with Crippen molar-refractivity contribution in [1.29, 1.82) is 0 Å². The summed E-state index contributed by atoms with van der Waals surface area (Å²) < 4.78 is 34.4. The van der Waals surface area contributed by atoms with Gasteiger partial charge >= 0.3 is 5.97 Å². The van der Waals surface area contributed by atoms with Crippen molar-refractivity contribution in [2.24, 2.45) is 0 Å². The Hall–Kier alpha value is -1.80. The summed E-state index contributed by atoms with van der Waals surface area (Å²) >= 11 is 0. The molecule has 0 saturated carbocycles. The average molecular weight is 303 g/mol. The van der Waals surface area contributed by atoms with Gasteiger partial charge in [-0.1, -0.05) is 0 Å². The molecule has 0 atom stereocenters. The quantitative estimate of drug-likeness (QED) is 0.748. The zero-order valence-corrected chi connectivity index (χ0v) is 12.1. The Morgan fingerprint density at radius 2 is 1.80 bits per heavy atom. The number of sulfonamides is 1. The van der Waals surface area contributed by atoms with Crippen LogP contribution < -0.4 is 9.47 Å². The Bertz CT molecular complexity index is 540. The van der Waals surface area contributed by atoms with E-state index in [0.29, 0.717) is 11.5 Å². The van der Waals surface area contributed by atoms with Gasteiger partial charge in [-0.25, -0.2) is 12.7 Å². The lowest BCUT2D eigenvalue weighted by Crippen LogP contribution is -2.35. The van der Waals surface area contributed by atoms with E-state index in [-0.39, 0.29) is 13.2 Å². The second-order valence-electron chi connectivity index (χ2n) is 4.00. The second-order valence-corrected chi connectivity index (χ2v) is 6.07. The summed E-state index contributed by atoms with van der Waals surface area (Å²) in [5.41, 5.74) is 0. The first kappa shape index (κ1) is 16.3. The summed E-state index contributed by atoms with van der Waals surface area (Å²) in [6.07, 6.45) is 0. The first-order valence-electron chi connectivity index (χ1n) is 5.78. The van der Waals surface area contributed by atoms with Crippen molar-refractivity contribution >= 4 is 16.0 Å². The molecule has 0 bridgehead atoms. The monoisotopic (exact) mass is 303 g/mol. The molecule has 0 fully saturated rings. The van der Waals surface area contributed by atoms with Crippen molar-refractivity contribution in [3.05, 3.63) is 24.3 Å². The molecule has 112 valence electrons. The maximum absolute atomic E-state index is 11.5. The van der Waals surface area contributed by atoms with Crippen molar-refractivity contribution in [3.8, 4) is 11.5 Å². The highest BCUT2D eigenvalue weighted by atomic mass is 32.2. The standard InChI is InChI=1S/C12H17NO6S/c1-13(20(16,17)9-12(14)15)7-8-19-11-5-3-10(18-2)4-6-11/h3-6H,7-9H2,1-2H3,(H,14,15). The average Bonchev–Trinajstić information content (AvgIpc) is 2.38. The molecule has 0 unspecified atom stereocenters. The number of benzene rings is 1. The molecule has 1 rings (SSSR count). The van der Waals surface area contributed by atoms with Crippen molar-refractivity contribution in [2.75, 3.05) is 33.1 Å². The predicted octanol–water partition coefficient (Wildman–Crippen LogP) is 0.420. The lowest BCUT2D eigenvalue weighted by molar-refractivity contribution is -0.134. The van der Waals surface area contributed by atoms with Crippen LogP contribution in [0, 0.1) is 0 Å². The van der Waals surface area contributed by atoms with Gasteiger partial charge in [-0.3, -0.25) is 4.79 Å². The number of rotatable bonds is 8. The fourth-order valence-corrected chi connectivity index (χ4v) is 2.25. The van der Waals surface area contributed by atoms with Gasteiger partial charge in [0.2, 0.25) is 10.0 Å². The molecule has 20 heavy (non-hydrogen) atoms. The third-order valence-electron chi connectivity index (χ3n) is 2.52.